The second-order valence-corrected chi connectivity index (χ2v) is 6.63. The van der Waals surface area contributed by atoms with Crippen LogP contribution in [0.3, 0.4) is 0 Å². The van der Waals surface area contributed by atoms with Crippen LogP contribution in [0.4, 0.5) is 0 Å². The highest BCUT2D eigenvalue weighted by atomic mass is 127. The first-order chi connectivity index (χ1) is 12.6. The predicted molar refractivity (Wildman–Crippen MR) is 119 cm³/mol. The molecule has 2 N–H and O–H groups in total. The normalized spacial score (nSPS) is 13.5. The molecule has 0 unspecified atom stereocenters. The highest BCUT2D eigenvalue weighted by Crippen LogP contribution is 2.30. The summed E-state index contributed by atoms with van der Waals surface area (Å²) in [6, 6.07) is 6.28. The highest BCUT2D eigenvalue weighted by Gasteiger charge is 2.22. The fourth-order valence-electron chi connectivity index (χ4n) is 2.51. The van der Waals surface area contributed by atoms with E-state index in [0.29, 0.717) is 38.5 Å². The minimum atomic E-state index is -0.158. The van der Waals surface area contributed by atoms with E-state index in [1.54, 1.807) is 7.05 Å². The van der Waals surface area contributed by atoms with Gasteiger partial charge >= 0.3 is 5.97 Å². The van der Waals surface area contributed by atoms with Crippen molar-refractivity contribution in [2.75, 3.05) is 26.8 Å². The Morgan fingerprint density at radius 1 is 1.30 bits per heavy atom. The number of aliphatic imine (C=N–C) groups is 1. The third-order valence-electron chi connectivity index (χ3n) is 4.22. The van der Waals surface area contributed by atoms with Gasteiger partial charge in [-0.1, -0.05) is 12.1 Å². The molecule has 0 amide bonds. The largest absolute Gasteiger partial charge is 0.493 e. The SMILES string of the molecule is CCOC(=O)CCCNC(=NC)NCc1ccc(C)cc1OCC1CC1.I. The van der Waals surface area contributed by atoms with Gasteiger partial charge in [0, 0.05) is 32.1 Å². The Balaban J connectivity index is 0.00000364. The molecule has 1 fully saturated rings. The monoisotopic (exact) mass is 489 g/mol. The molecule has 1 aliphatic carbocycles. The van der Waals surface area contributed by atoms with Crippen molar-refractivity contribution in [3.05, 3.63) is 29.3 Å². The van der Waals surface area contributed by atoms with E-state index in [1.807, 2.05) is 6.92 Å². The second-order valence-electron chi connectivity index (χ2n) is 6.63. The van der Waals surface area contributed by atoms with Gasteiger partial charge in [0.25, 0.3) is 0 Å². The van der Waals surface area contributed by atoms with Gasteiger partial charge in [-0.3, -0.25) is 9.79 Å². The van der Waals surface area contributed by atoms with Crippen molar-refractivity contribution in [3.63, 3.8) is 0 Å². The van der Waals surface area contributed by atoms with E-state index in [4.69, 9.17) is 9.47 Å². The van der Waals surface area contributed by atoms with Crippen LogP contribution in [0.25, 0.3) is 0 Å². The van der Waals surface area contributed by atoms with E-state index in [9.17, 15) is 4.79 Å². The third kappa shape index (κ3) is 9.30. The van der Waals surface area contributed by atoms with Gasteiger partial charge in [0.1, 0.15) is 5.75 Å². The molecule has 2 rings (SSSR count). The summed E-state index contributed by atoms with van der Waals surface area (Å²) in [4.78, 5) is 15.6. The summed E-state index contributed by atoms with van der Waals surface area (Å²) < 4.78 is 10.9. The van der Waals surface area contributed by atoms with Crippen molar-refractivity contribution >= 4 is 35.9 Å². The number of aryl methyl sites for hydroxylation is 1. The maximum absolute atomic E-state index is 11.3. The molecule has 0 aromatic heterocycles. The molecule has 0 bridgehead atoms. The molecule has 1 aliphatic rings. The molecule has 0 saturated heterocycles. The first-order valence-electron chi connectivity index (χ1n) is 9.44. The van der Waals surface area contributed by atoms with Gasteiger partial charge < -0.3 is 20.1 Å². The van der Waals surface area contributed by atoms with Crippen molar-refractivity contribution in [1.82, 2.24) is 10.6 Å². The van der Waals surface area contributed by atoms with E-state index in [2.05, 4.69) is 40.7 Å². The lowest BCUT2D eigenvalue weighted by molar-refractivity contribution is -0.143. The molecule has 152 valence electrons. The van der Waals surface area contributed by atoms with Crippen LogP contribution >= 0.6 is 24.0 Å². The van der Waals surface area contributed by atoms with Crippen LogP contribution in [0.15, 0.2) is 23.2 Å². The number of hydrogen-bond acceptors (Lipinski definition) is 4. The van der Waals surface area contributed by atoms with Crippen LogP contribution in [-0.2, 0) is 16.1 Å². The summed E-state index contributed by atoms with van der Waals surface area (Å²) in [6.07, 6.45) is 3.68. The van der Waals surface area contributed by atoms with Crippen molar-refractivity contribution in [1.29, 1.82) is 0 Å². The lowest BCUT2D eigenvalue weighted by Gasteiger charge is -2.15. The van der Waals surface area contributed by atoms with Crippen LogP contribution < -0.4 is 15.4 Å². The highest BCUT2D eigenvalue weighted by molar-refractivity contribution is 14.0. The standard InChI is InChI=1S/C20H31N3O3.HI/c1-4-25-19(24)6-5-11-22-20(21-3)23-13-17-10-7-15(2)12-18(17)26-14-16-8-9-16;/h7,10,12,16H,4-6,8-9,11,13-14H2,1-3H3,(H2,21,22,23);1H. The molecule has 6 nitrogen and oxygen atoms in total. The van der Waals surface area contributed by atoms with E-state index >= 15 is 0 Å². The third-order valence-corrected chi connectivity index (χ3v) is 4.22. The molecule has 7 heteroatoms. The number of esters is 1. The number of halogens is 1. The zero-order valence-corrected chi connectivity index (χ0v) is 18.9. The van der Waals surface area contributed by atoms with Gasteiger partial charge in [0.05, 0.1) is 13.2 Å². The Morgan fingerprint density at radius 2 is 2.07 bits per heavy atom. The van der Waals surface area contributed by atoms with Crippen molar-refractivity contribution in [2.45, 2.75) is 46.1 Å². The fourth-order valence-corrected chi connectivity index (χ4v) is 2.51. The van der Waals surface area contributed by atoms with E-state index in [-0.39, 0.29) is 29.9 Å². The molecule has 0 aliphatic heterocycles. The Labute approximate surface area is 179 Å². The predicted octanol–water partition coefficient (Wildman–Crippen LogP) is 3.41. The second kappa shape index (κ2) is 12.8. The molecular formula is C20H32IN3O3. The zero-order chi connectivity index (χ0) is 18.8. The van der Waals surface area contributed by atoms with E-state index in [0.717, 1.165) is 23.8 Å². The quantitative estimate of drug-likeness (QED) is 0.173. The molecular weight excluding hydrogens is 457 g/mol. The van der Waals surface area contributed by atoms with Crippen LogP contribution in [0.1, 0.15) is 43.7 Å². The number of benzene rings is 1. The number of carbonyl (C=O) groups excluding carboxylic acids is 1. The average Bonchev–Trinajstić information content (AvgIpc) is 3.45. The maximum Gasteiger partial charge on any atom is 0.305 e. The number of nitrogens with one attached hydrogen (secondary N) is 2. The Bertz CT molecular complexity index is 618. The first kappa shape index (κ1) is 23.5. The number of nitrogens with zero attached hydrogens (tertiary/aromatic N) is 1. The summed E-state index contributed by atoms with van der Waals surface area (Å²) in [7, 11) is 1.74. The Hall–Kier alpha value is -1.51. The molecule has 0 radical (unpaired) electrons. The molecule has 0 atom stereocenters. The summed E-state index contributed by atoms with van der Waals surface area (Å²) in [6.45, 7) is 6.42. The van der Waals surface area contributed by atoms with Crippen LogP contribution in [0, 0.1) is 12.8 Å². The molecule has 1 saturated carbocycles. The summed E-state index contributed by atoms with van der Waals surface area (Å²) in [5.74, 6) is 2.23. The molecule has 1 aromatic carbocycles. The average molecular weight is 489 g/mol. The Kier molecular flexibility index (Phi) is 11.2. The lowest BCUT2D eigenvalue weighted by Crippen LogP contribution is -2.37. The smallest absolute Gasteiger partial charge is 0.305 e. The number of guanidine groups is 1. The number of ether oxygens (including phenoxy) is 2. The minimum Gasteiger partial charge on any atom is -0.493 e. The van der Waals surface area contributed by atoms with E-state index < -0.39 is 0 Å². The van der Waals surface area contributed by atoms with Crippen LogP contribution in [0.2, 0.25) is 0 Å². The topological polar surface area (TPSA) is 72.0 Å². The minimum absolute atomic E-state index is 0. The van der Waals surface area contributed by atoms with Crippen molar-refractivity contribution in [3.8, 4) is 5.75 Å². The maximum atomic E-state index is 11.3. The van der Waals surface area contributed by atoms with Gasteiger partial charge in [0.15, 0.2) is 5.96 Å². The van der Waals surface area contributed by atoms with Gasteiger partial charge in [0.2, 0.25) is 0 Å². The summed E-state index contributed by atoms with van der Waals surface area (Å²) in [5.41, 5.74) is 2.31. The van der Waals surface area contributed by atoms with Crippen LogP contribution in [0.5, 0.6) is 5.75 Å². The molecule has 0 spiro atoms. The fraction of sp³-hybridized carbons (Fsp3) is 0.600. The van der Waals surface area contributed by atoms with E-state index in [1.165, 1.54) is 18.4 Å². The molecule has 0 heterocycles. The number of hydrogen-bond donors (Lipinski definition) is 2. The van der Waals surface area contributed by atoms with Gasteiger partial charge in [-0.15, -0.1) is 24.0 Å². The first-order valence-corrected chi connectivity index (χ1v) is 9.44. The van der Waals surface area contributed by atoms with Gasteiger partial charge in [-0.2, -0.15) is 0 Å². The van der Waals surface area contributed by atoms with Gasteiger partial charge in [-0.25, -0.2) is 0 Å². The van der Waals surface area contributed by atoms with Gasteiger partial charge in [-0.05, 0) is 50.7 Å². The number of carbonyl (C=O) groups is 1. The molecule has 27 heavy (non-hydrogen) atoms. The number of rotatable bonds is 10. The van der Waals surface area contributed by atoms with Crippen LogP contribution in [-0.4, -0.2) is 38.7 Å². The Morgan fingerprint density at radius 3 is 2.74 bits per heavy atom. The van der Waals surface area contributed by atoms with Crippen molar-refractivity contribution in [2.24, 2.45) is 10.9 Å². The van der Waals surface area contributed by atoms with Crippen molar-refractivity contribution < 1.29 is 14.3 Å². The lowest BCUT2D eigenvalue weighted by atomic mass is 10.1. The summed E-state index contributed by atoms with van der Waals surface area (Å²) in [5, 5.41) is 6.52. The zero-order valence-electron chi connectivity index (χ0n) is 16.5. The summed E-state index contributed by atoms with van der Waals surface area (Å²) >= 11 is 0. The molecule has 1 aromatic rings.